The highest BCUT2D eigenvalue weighted by atomic mass is 28.3. The highest BCUT2D eigenvalue weighted by molar-refractivity contribution is 6.62. The quantitative estimate of drug-likeness (QED) is 0.573. The van der Waals surface area contributed by atoms with Crippen LogP contribution in [0, 0.1) is 0 Å². The van der Waals surface area contributed by atoms with E-state index in [0.29, 0.717) is 0 Å². The van der Waals surface area contributed by atoms with Gasteiger partial charge in [0, 0.05) is 0 Å². The van der Waals surface area contributed by atoms with Gasteiger partial charge in [0.15, 0.2) is 0 Å². The number of hydrogen-bond acceptors (Lipinski definition) is 1. The molecule has 2 heteroatoms. The van der Waals surface area contributed by atoms with E-state index in [1.165, 1.54) is 13.1 Å². The van der Waals surface area contributed by atoms with E-state index in [0.717, 1.165) is 5.54 Å². The van der Waals surface area contributed by atoms with Gasteiger partial charge in [-0.25, -0.2) is 0 Å². The molecule has 0 saturated carbocycles. The van der Waals surface area contributed by atoms with Crippen molar-refractivity contribution in [3.63, 3.8) is 0 Å². The summed E-state index contributed by atoms with van der Waals surface area (Å²) in [6.45, 7) is 15.3. The Morgan fingerprint density at radius 3 is 1.91 bits per heavy atom. The van der Waals surface area contributed by atoms with Crippen LogP contribution >= 0.6 is 0 Å². The van der Waals surface area contributed by atoms with Crippen molar-refractivity contribution in [1.82, 2.24) is 4.57 Å². The van der Waals surface area contributed by atoms with Gasteiger partial charge in [-0.3, -0.25) is 0 Å². The van der Waals surface area contributed by atoms with Gasteiger partial charge in [0.25, 0.3) is 0 Å². The van der Waals surface area contributed by atoms with Crippen molar-refractivity contribution < 1.29 is 0 Å². The first-order valence-corrected chi connectivity index (χ1v) is 6.38. The minimum atomic E-state index is -0.804. The first kappa shape index (κ1) is 10.9. The minimum Gasteiger partial charge on any atom is -0.323 e. The van der Waals surface area contributed by atoms with Crippen molar-refractivity contribution in [1.29, 1.82) is 0 Å². The molecule has 11 heavy (non-hydrogen) atoms. The number of hydrogen-bond donors (Lipinski definition) is 0. The summed E-state index contributed by atoms with van der Waals surface area (Å²) in [5, 5.41) is 0. The van der Waals surface area contributed by atoms with E-state index in [9.17, 15) is 0 Å². The summed E-state index contributed by atoms with van der Waals surface area (Å²) in [6, 6.07) is 0. The predicted octanol–water partition coefficient (Wildman–Crippen LogP) is 2.19. The monoisotopic (exact) mass is 171 g/mol. The molecule has 0 spiro atoms. The molecular formula is C9H21NSi. The van der Waals surface area contributed by atoms with Crippen molar-refractivity contribution in [3.05, 3.63) is 12.3 Å². The van der Waals surface area contributed by atoms with Crippen LogP contribution in [0.5, 0.6) is 0 Å². The Hall–Kier alpha value is -0.0831. The third-order valence-electron chi connectivity index (χ3n) is 2.16. The van der Waals surface area contributed by atoms with E-state index < -0.39 is 8.96 Å². The Balaban J connectivity index is 4.08. The summed E-state index contributed by atoms with van der Waals surface area (Å²) in [7, 11) is -0.804. The zero-order valence-electron chi connectivity index (χ0n) is 8.30. The number of nitrogens with zero attached hydrogens (tertiary/aromatic N) is 1. The minimum absolute atomic E-state index is 0.804. The van der Waals surface area contributed by atoms with Crippen LogP contribution in [-0.4, -0.2) is 26.6 Å². The number of rotatable bonds is 5. The van der Waals surface area contributed by atoms with Crippen LogP contribution < -0.4 is 0 Å². The smallest absolute Gasteiger partial charge is 0.138 e. The highest BCUT2D eigenvalue weighted by Gasteiger charge is 2.16. The Morgan fingerprint density at radius 1 is 1.36 bits per heavy atom. The summed E-state index contributed by atoms with van der Waals surface area (Å²) in [5.74, 6) is 0. The summed E-state index contributed by atoms with van der Waals surface area (Å²) in [4.78, 5) is 0. The maximum absolute atomic E-state index is 3.92. The normalized spacial score (nSPS) is 14.0. The summed E-state index contributed by atoms with van der Waals surface area (Å²) >= 11 is 0. The van der Waals surface area contributed by atoms with Crippen molar-refractivity contribution in [2.45, 2.75) is 33.2 Å². The summed E-state index contributed by atoms with van der Waals surface area (Å²) in [6.07, 6.45) is 0. The van der Waals surface area contributed by atoms with E-state index in [4.69, 9.17) is 0 Å². The molecule has 0 aliphatic carbocycles. The van der Waals surface area contributed by atoms with Gasteiger partial charge >= 0.3 is 0 Å². The third-order valence-corrected chi connectivity index (χ3v) is 5.58. The average molecular weight is 171 g/mol. The Labute approximate surface area is 72.8 Å². The van der Waals surface area contributed by atoms with Gasteiger partial charge in [0.05, 0.1) is 0 Å². The molecule has 0 fully saturated rings. The topological polar surface area (TPSA) is 3.24 Å². The van der Waals surface area contributed by atoms with Crippen LogP contribution in [-0.2, 0) is 0 Å². The SMILES string of the molecule is C=C[SiH](C(C)C)N(CC)CC. The molecule has 0 amide bonds. The van der Waals surface area contributed by atoms with Gasteiger partial charge in [0.1, 0.15) is 8.96 Å². The standard InChI is InChI=1S/C9H21NSi/c1-6-10(7-2)11(8-3)9(4)5/h8-9,11H,3,6-7H2,1-2,4-5H3. The fourth-order valence-corrected chi connectivity index (χ4v) is 4.02. The van der Waals surface area contributed by atoms with E-state index >= 15 is 0 Å². The highest BCUT2D eigenvalue weighted by Crippen LogP contribution is 2.11. The third kappa shape index (κ3) is 3.21. The van der Waals surface area contributed by atoms with Gasteiger partial charge in [-0.1, -0.05) is 33.4 Å². The molecule has 66 valence electrons. The molecule has 0 aromatic heterocycles. The Kier molecular flexibility index (Phi) is 5.51. The van der Waals surface area contributed by atoms with Gasteiger partial charge in [0.2, 0.25) is 0 Å². The molecule has 0 rings (SSSR count). The van der Waals surface area contributed by atoms with Crippen LogP contribution in [0.4, 0.5) is 0 Å². The second-order valence-electron chi connectivity index (χ2n) is 3.19. The molecule has 1 atom stereocenters. The Morgan fingerprint density at radius 2 is 1.82 bits per heavy atom. The fraction of sp³-hybridized carbons (Fsp3) is 0.778. The summed E-state index contributed by atoms with van der Waals surface area (Å²) in [5.41, 5.74) is 3.00. The van der Waals surface area contributed by atoms with E-state index in [-0.39, 0.29) is 0 Å². The predicted molar refractivity (Wildman–Crippen MR) is 55.4 cm³/mol. The van der Waals surface area contributed by atoms with Crippen molar-refractivity contribution in [2.75, 3.05) is 13.1 Å². The molecule has 0 saturated heterocycles. The van der Waals surface area contributed by atoms with Crippen LogP contribution in [0.2, 0.25) is 5.54 Å². The molecule has 0 aromatic carbocycles. The van der Waals surface area contributed by atoms with E-state index in [2.05, 4.69) is 44.5 Å². The zero-order chi connectivity index (χ0) is 8.85. The van der Waals surface area contributed by atoms with Crippen LogP contribution in [0.3, 0.4) is 0 Å². The van der Waals surface area contributed by atoms with Gasteiger partial charge in [-0.15, -0.1) is 6.58 Å². The van der Waals surface area contributed by atoms with Gasteiger partial charge in [-0.05, 0) is 18.6 Å². The lowest BCUT2D eigenvalue weighted by atomic mass is 10.6. The van der Waals surface area contributed by atoms with E-state index in [1.807, 2.05) is 0 Å². The molecule has 0 N–H and O–H groups in total. The first-order valence-electron chi connectivity index (χ1n) is 4.53. The second kappa shape index (κ2) is 5.55. The largest absolute Gasteiger partial charge is 0.323 e. The maximum atomic E-state index is 3.92. The van der Waals surface area contributed by atoms with Gasteiger partial charge in [-0.2, -0.15) is 0 Å². The molecule has 0 aliphatic rings. The lowest BCUT2D eigenvalue weighted by Gasteiger charge is -2.28. The van der Waals surface area contributed by atoms with Crippen LogP contribution in [0.15, 0.2) is 12.3 Å². The average Bonchev–Trinajstić information content (AvgIpc) is 1.99. The Bertz CT molecular complexity index is 108. The molecule has 0 radical (unpaired) electrons. The van der Waals surface area contributed by atoms with Crippen LogP contribution in [0.1, 0.15) is 27.7 Å². The maximum Gasteiger partial charge on any atom is 0.138 e. The molecule has 0 bridgehead atoms. The molecular weight excluding hydrogens is 150 g/mol. The van der Waals surface area contributed by atoms with Crippen molar-refractivity contribution in [2.24, 2.45) is 0 Å². The first-order chi connectivity index (χ1) is 5.17. The lowest BCUT2D eigenvalue weighted by Crippen LogP contribution is -2.39. The molecule has 1 nitrogen and oxygen atoms in total. The molecule has 0 aliphatic heterocycles. The van der Waals surface area contributed by atoms with Gasteiger partial charge < -0.3 is 4.57 Å². The summed E-state index contributed by atoms with van der Waals surface area (Å²) < 4.78 is 2.57. The zero-order valence-corrected chi connectivity index (χ0v) is 9.46. The van der Waals surface area contributed by atoms with E-state index in [1.54, 1.807) is 0 Å². The van der Waals surface area contributed by atoms with Crippen molar-refractivity contribution in [3.8, 4) is 0 Å². The van der Waals surface area contributed by atoms with Crippen LogP contribution in [0.25, 0.3) is 0 Å². The molecule has 1 unspecified atom stereocenters. The lowest BCUT2D eigenvalue weighted by molar-refractivity contribution is 0.476. The fourth-order valence-electron chi connectivity index (χ4n) is 1.49. The second-order valence-corrected chi connectivity index (χ2v) is 6.71. The molecule has 0 aromatic rings. The van der Waals surface area contributed by atoms with Crippen molar-refractivity contribution >= 4 is 8.96 Å². The molecule has 0 heterocycles.